The molecule has 29 heavy (non-hydrogen) atoms. The van der Waals surface area contributed by atoms with Gasteiger partial charge < -0.3 is 21.0 Å². The maximum absolute atomic E-state index is 12.8. The fourth-order valence-electron chi connectivity index (χ4n) is 3.00. The first-order chi connectivity index (χ1) is 14.0. The Balaban J connectivity index is 1.61. The second kappa shape index (κ2) is 7.64. The Kier molecular flexibility index (Phi) is 4.87. The third kappa shape index (κ3) is 3.62. The van der Waals surface area contributed by atoms with Crippen molar-refractivity contribution in [2.24, 2.45) is 5.73 Å². The smallest absolute Gasteiger partial charge is 0.287 e. The van der Waals surface area contributed by atoms with Crippen LogP contribution in [0.5, 0.6) is 0 Å². The number of fused-ring (bicyclic) bond motifs is 1. The Bertz CT molecular complexity index is 1190. The summed E-state index contributed by atoms with van der Waals surface area (Å²) in [5, 5.41) is 3.42. The van der Waals surface area contributed by atoms with Gasteiger partial charge in [-0.05, 0) is 23.8 Å². The number of H-pyrrole nitrogens is 2. The number of carbonyl (C=O) groups is 3. The summed E-state index contributed by atoms with van der Waals surface area (Å²) in [4.78, 5) is 46.9. The van der Waals surface area contributed by atoms with E-state index in [2.05, 4.69) is 29.0 Å². The van der Waals surface area contributed by atoms with E-state index in [1.54, 1.807) is 36.8 Å². The van der Waals surface area contributed by atoms with Gasteiger partial charge in [-0.1, -0.05) is 6.07 Å². The van der Waals surface area contributed by atoms with Gasteiger partial charge in [-0.15, -0.1) is 0 Å². The molecule has 0 bridgehead atoms. The zero-order valence-electron chi connectivity index (χ0n) is 14.9. The van der Waals surface area contributed by atoms with Gasteiger partial charge in [0.05, 0.1) is 17.4 Å². The van der Waals surface area contributed by atoms with Gasteiger partial charge in [-0.2, -0.15) is 8.75 Å². The van der Waals surface area contributed by atoms with Gasteiger partial charge >= 0.3 is 0 Å². The van der Waals surface area contributed by atoms with Crippen molar-refractivity contribution in [1.82, 2.24) is 29.0 Å². The standard InChI is InChI=1S/C18H15N7O3S/c19-16(27)15(26)12(7-9-8-22-17-10(9)4-6-21-17)23-18(28)14-13(24-29-25-14)11-3-1-2-5-20-11/h1-6,8,12,21-22H,7H2,(H2,19,27)(H,23,28). The van der Waals surface area contributed by atoms with E-state index >= 15 is 0 Å². The van der Waals surface area contributed by atoms with Crippen LogP contribution in [-0.2, 0) is 16.0 Å². The lowest BCUT2D eigenvalue weighted by atomic mass is 10.0. The lowest BCUT2D eigenvalue weighted by molar-refractivity contribution is -0.137. The van der Waals surface area contributed by atoms with E-state index in [0.717, 1.165) is 28.3 Å². The second-order valence-electron chi connectivity index (χ2n) is 6.22. The van der Waals surface area contributed by atoms with E-state index in [0.29, 0.717) is 11.4 Å². The number of nitrogens with two attached hydrogens (primary N) is 1. The van der Waals surface area contributed by atoms with Crippen molar-refractivity contribution >= 4 is 40.4 Å². The number of aromatic nitrogens is 5. The molecule has 11 heteroatoms. The van der Waals surface area contributed by atoms with Crippen molar-refractivity contribution in [3.8, 4) is 11.4 Å². The molecule has 1 atom stereocenters. The molecule has 146 valence electrons. The molecule has 0 aliphatic carbocycles. The first-order valence-electron chi connectivity index (χ1n) is 8.56. The molecule has 0 aromatic carbocycles. The van der Waals surface area contributed by atoms with Crippen LogP contribution in [0.4, 0.5) is 0 Å². The highest BCUT2D eigenvalue weighted by atomic mass is 32.1. The molecule has 4 rings (SSSR count). The van der Waals surface area contributed by atoms with Crippen LogP contribution in [-0.4, -0.2) is 47.3 Å². The molecule has 0 spiro atoms. The number of nitrogens with one attached hydrogen (secondary N) is 3. The van der Waals surface area contributed by atoms with Crippen LogP contribution in [0, 0.1) is 0 Å². The topological polar surface area (TPSA) is 160 Å². The summed E-state index contributed by atoms with van der Waals surface area (Å²) in [5.74, 6) is -2.66. The summed E-state index contributed by atoms with van der Waals surface area (Å²) in [6.45, 7) is 0. The van der Waals surface area contributed by atoms with E-state index < -0.39 is 23.6 Å². The third-order valence-electron chi connectivity index (χ3n) is 4.38. The van der Waals surface area contributed by atoms with Gasteiger partial charge in [0.25, 0.3) is 11.8 Å². The van der Waals surface area contributed by atoms with Gasteiger partial charge in [0.2, 0.25) is 5.78 Å². The fourth-order valence-corrected chi connectivity index (χ4v) is 3.55. The predicted octanol–water partition coefficient (Wildman–Crippen LogP) is 0.805. The number of aromatic amines is 2. The summed E-state index contributed by atoms with van der Waals surface area (Å²) in [6.07, 6.45) is 5.11. The molecule has 10 nitrogen and oxygen atoms in total. The van der Waals surface area contributed by atoms with E-state index in [1.807, 2.05) is 6.07 Å². The molecule has 4 aromatic heterocycles. The molecule has 2 amide bonds. The Morgan fingerprint density at radius 3 is 2.79 bits per heavy atom. The molecular formula is C18H15N7O3S. The highest BCUT2D eigenvalue weighted by Gasteiger charge is 2.29. The maximum Gasteiger partial charge on any atom is 0.287 e. The van der Waals surface area contributed by atoms with E-state index in [-0.39, 0.29) is 12.1 Å². The quantitative estimate of drug-likeness (QED) is 0.330. The summed E-state index contributed by atoms with van der Waals surface area (Å²) >= 11 is 0.853. The van der Waals surface area contributed by atoms with Crippen molar-refractivity contribution in [3.05, 3.63) is 54.1 Å². The van der Waals surface area contributed by atoms with Crippen molar-refractivity contribution in [2.75, 3.05) is 0 Å². The number of ketones is 1. The minimum atomic E-state index is -1.15. The van der Waals surface area contributed by atoms with Crippen LogP contribution in [0.3, 0.4) is 0 Å². The number of rotatable bonds is 7. The summed E-state index contributed by atoms with van der Waals surface area (Å²) in [7, 11) is 0. The highest BCUT2D eigenvalue weighted by Crippen LogP contribution is 2.21. The third-order valence-corrected chi connectivity index (χ3v) is 4.91. The second-order valence-corrected chi connectivity index (χ2v) is 6.74. The molecule has 4 aromatic rings. The van der Waals surface area contributed by atoms with Gasteiger partial charge in [0.15, 0.2) is 5.69 Å². The van der Waals surface area contributed by atoms with E-state index in [9.17, 15) is 14.4 Å². The molecule has 0 fully saturated rings. The normalized spacial score (nSPS) is 12.0. The van der Waals surface area contributed by atoms with Gasteiger partial charge in [-0.3, -0.25) is 19.4 Å². The SMILES string of the molecule is NC(=O)C(=O)C(Cc1c[nH]c2[nH]ccc12)NC(=O)c1nsnc1-c1ccccn1. The van der Waals surface area contributed by atoms with Crippen LogP contribution in [0.25, 0.3) is 22.4 Å². The molecule has 4 heterocycles. The fraction of sp³-hybridized carbons (Fsp3) is 0.111. The van der Waals surface area contributed by atoms with Crippen molar-refractivity contribution in [2.45, 2.75) is 12.5 Å². The van der Waals surface area contributed by atoms with Crippen LogP contribution in [0.1, 0.15) is 16.1 Å². The number of primary amides is 1. The van der Waals surface area contributed by atoms with Crippen molar-refractivity contribution < 1.29 is 14.4 Å². The Hall–Kier alpha value is -3.86. The first kappa shape index (κ1) is 18.5. The maximum atomic E-state index is 12.8. The molecule has 5 N–H and O–H groups in total. The number of hydrogen-bond donors (Lipinski definition) is 4. The zero-order valence-corrected chi connectivity index (χ0v) is 15.7. The van der Waals surface area contributed by atoms with Crippen LogP contribution >= 0.6 is 11.7 Å². The Labute approximate surface area is 167 Å². The van der Waals surface area contributed by atoms with Gasteiger partial charge in [-0.25, -0.2) is 0 Å². The van der Waals surface area contributed by atoms with E-state index in [4.69, 9.17) is 5.73 Å². The van der Waals surface area contributed by atoms with Crippen molar-refractivity contribution in [3.63, 3.8) is 0 Å². The number of Topliss-reactive ketones (excluding diaryl/α,β-unsaturated/α-hetero) is 1. The minimum Gasteiger partial charge on any atom is -0.363 e. The van der Waals surface area contributed by atoms with Gasteiger partial charge in [0, 0.05) is 30.4 Å². The average Bonchev–Trinajstić information content (AvgIpc) is 3.45. The van der Waals surface area contributed by atoms with E-state index in [1.165, 1.54) is 0 Å². The average molecular weight is 409 g/mol. The lowest BCUT2D eigenvalue weighted by Gasteiger charge is -2.15. The molecule has 0 aliphatic heterocycles. The van der Waals surface area contributed by atoms with Crippen LogP contribution in [0.15, 0.2) is 42.9 Å². The zero-order chi connectivity index (χ0) is 20.4. The minimum absolute atomic E-state index is 0.0248. The molecular weight excluding hydrogens is 394 g/mol. The molecule has 0 aliphatic rings. The summed E-state index contributed by atoms with van der Waals surface area (Å²) < 4.78 is 8.15. The van der Waals surface area contributed by atoms with Gasteiger partial charge in [0.1, 0.15) is 17.4 Å². The number of hydrogen-bond acceptors (Lipinski definition) is 7. The Morgan fingerprint density at radius 1 is 1.17 bits per heavy atom. The summed E-state index contributed by atoms with van der Waals surface area (Å²) in [6, 6.07) is 5.88. The predicted molar refractivity (Wildman–Crippen MR) is 105 cm³/mol. The lowest BCUT2D eigenvalue weighted by Crippen LogP contribution is -2.47. The largest absolute Gasteiger partial charge is 0.363 e. The first-order valence-corrected chi connectivity index (χ1v) is 9.29. The summed E-state index contributed by atoms with van der Waals surface area (Å²) in [5.41, 5.74) is 7.51. The Morgan fingerprint density at radius 2 is 2.03 bits per heavy atom. The molecule has 1 unspecified atom stereocenters. The molecule has 0 saturated heterocycles. The highest BCUT2D eigenvalue weighted by molar-refractivity contribution is 6.99. The monoisotopic (exact) mass is 409 g/mol. The van der Waals surface area contributed by atoms with Crippen LogP contribution in [0.2, 0.25) is 0 Å². The molecule has 0 radical (unpaired) electrons. The molecule has 0 saturated carbocycles. The number of amides is 2. The number of nitrogens with zero attached hydrogens (tertiary/aromatic N) is 3. The van der Waals surface area contributed by atoms with Crippen LogP contribution < -0.4 is 11.1 Å². The van der Waals surface area contributed by atoms with Crippen molar-refractivity contribution in [1.29, 1.82) is 0 Å². The number of pyridine rings is 1. The number of carbonyl (C=O) groups excluding carboxylic acids is 3.